The summed E-state index contributed by atoms with van der Waals surface area (Å²) < 4.78 is 0. The summed E-state index contributed by atoms with van der Waals surface area (Å²) in [4.78, 5) is 14.6. The molecule has 108 valence electrons. The summed E-state index contributed by atoms with van der Waals surface area (Å²) in [5, 5.41) is 3.43. The standard InChI is InChI=1S/C17H24N2O/c20-17(13-15-8-4-10-18-15)19-11-5-9-16(19)12-14-6-2-1-3-7-14/h1-3,6-7,15-16,18H,4-5,8-13H2. The van der Waals surface area contributed by atoms with Gasteiger partial charge in [-0.15, -0.1) is 0 Å². The fourth-order valence-electron chi connectivity index (χ4n) is 3.52. The highest BCUT2D eigenvalue weighted by Gasteiger charge is 2.30. The molecule has 0 bridgehead atoms. The second-order valence-corrected chi connectivity index (χ2v) is 6.07. The van der Waals surface area contributed by atoms with E-state index in [0.717, 1.165) is 38.8 Å². The number of amides is 1. The Morgan fingerprint density at radius 1 is 1.20 bits per heavy atom. The van der Waals surface area contributed by atoms with Crippen molar-refractivity contribution in [1.29, 1.82) is 0 Å². The number of likely N-dealkylation sites (tertiary alicyclic amines) is 1. The molecular weight excluding hydrogens is 248 g/mol. The molecule has 2 heterocycles. The predicted octanol–water partition coefficient (Wildman–Crippen LogP) is 2.36. The third-order valence-corrected chi connectivity index (χ3v) is 4.60. The third-order valence-electron chi connectivity index (χ3n) is 4.60. The van der Waals surface area contributed by atoms with E-state index in [4.69, 9.17) is 0 Å². The minimum Gasteiger partial charge on any atom is -0.339 e. The number of rotatable bonds is 4. The number of carbonyl (C=O) groups excluding carboxylic acids is 1. The van der Waals surface area contributed by atoms with Gasteiger partial charge in [0, 0.05) is 25.0 Å². The monoisotopic (exact) mass is 272 g/mol. The van der Waals surface area contributed by atoms with Gasteiger partial charge < -0.3 is 10.2 Å². The van der Waals surface area contributed by atoms with Crippen LogP contribution < -0.4 is 5.32 Å². The summed E-state index contributed by atoms with van der Waals surface area (Å²) in [5.74, 6) is 0.350. The van der Waals surface area contributed by atoms with Gasteiger partial charge in [-0.3, -0.25) is 4.79 Å². The summed E-state index contributed by atoms with van der Waals surface area (Å²) in [6.45, 7) is 2.02. The molecule has 2 atom stereocenters. The first-order valence-corrected chi connectivity index (χ1v) is 7.90. The van der Waals surface area contributed by atoms with Gasteiger partial charge in [0.1, 0.15) is 0 Å². The normalized spacial score (nSPS) is 26.1. The van der Waals surface area contributed by atoms with E-state index in [9.17, 15) is 4.79 Å². The van der Waals surface area contributed by atoms with Crippen LogP contribution in [0.25, 0.3) is 0 Å². The first-order valence-electron chi connectivity index (χ1n) is 7.90. The van der Waals surface area contributed by atoms with Crippen molar-refractivity contribution in [3.63, 3.8) is 0 Å². The Balaban J connectivity index is 1.58. The van der Waals surface area contributed by atoms with Gasteiger partial charge in [0.05, 0.1) is 0 Å². The second kappa shape index (κ2) is 6.40. The average Bonchev–Trinajstić information content (AvgIpc) is 3.11. The van der Waals surface area contributed by atoms with Crippen LogP contribution in [0, 0.1) is 0 Å². The van der Waals surface area contributed by atoms with Crippen molar-refractivity contribution in [3.05, 3.63) is 35.9 Å². The number of hydrogen-bond donors (Lipinski definition) is 1. The molecule has 3 rings (SSSR count). The van der Waals surface area contributed by atoms with Gasteiger partial charge >= 0.3 is 0 Å². The Hall–Kier alpha value is -1.35. The first kappa shape index (κ1) is 13.6. The molecule has 1 N–H and O–H groups in total. The van der Waals surface area contributed by atoms with E-state index in [0.29, 0.717) is 24.4 Å². The molecule has 2 saturated heterocycles. The largest absolute Gasteiger partial charge is 0.339 e. The Labute approximate surface area is 121 Å². The van der Waals surface area contributed by atoms with Crippen LogP contribution in [0.4, 0.5) is 0 Å². The van der Waals surface area contributed by atoms with Gasteiger partial charge in [-0.05, 0) is 44.2 Å². The molecule has 1 amide bonds. The zero-order valence-electron chi connectivity index (χ0n) is 12.1. The van der Waals surface area contributed by atoms with Crippen molar-refractivity contribution < 1.29 is 4.79 Å². The van der Waals surface area contributed by atoms with Crippen LogP contribution >= 0.6 is 0 Å². The maximum Gasteiger partial charge on any atom is 0.224 e. The summed E-state index contributed by atoms with van der Waals surface area (Å²) in [6.07, 6.45) is 6.37. The van der Waals surface area contributed by atoms with E-state index in [1.165, 1.54) is 12.0 Å². The number of benzene rings is 1. The fraction of sp³-hybridized carbons (Fsp3) is 0.588. The molecule has 20 heavy (non-hydrogen) atoms. The van der Waals surface area contributed by atoms with E-state index in [1.54, 1.807) is 0 Å². The van der Waals surface area contributed by atoms with Crippen molar-refractivity contribution in [2.24, 2.45) is 0 Å². The van der Waals surface area contributed by atoms with Crippen LogP contribution in [-0.4, -0.2) is 36.0 Å². The van der Waals surface area contributed by atoms with Crippen LogP contribution in [0.15, 0.2) is 30.3 Å². The molecule has 2 aliphatic rings. The number of hydrogen-bond acceptors (Lipinski definition) is 2. The number of nitrogens with zero attached hydrogens (tertiary/aromatic N) is 1. The molecule has 2 fully saturated rings. The van der Waals surface area contributed by atoms with Crippen LogP contribution in [0.2, 0.25) is 0 Å². The number of nitrogens with one attached hydrogen (secondary N) is 1. The molecule has 2 aliphatic heterocycles. The Kier molecular flexibility index (Phi) is 4.36. The molecule has 0 saturated carbocycles. The zero-order chi connectivity index (χ0) is 13.8. The van der Waals surface area contributed by atoms with Crippen molar-refractivity contribution in [3.8, 4) is 0 Å². The maximum atomic E-state index is 12.5. The average molecular weight is 272 g/mol. The quantitative estimate of drug-likeness (QED) is 0.912. The summed E-state index contributed by atoms with van der Waals surface area (Å²) >= 11 is 0. The lowest BCUT2D eigenvalue weighted by Gasteiger charge is -2.26. The highest BCUT2D eigenvalue weighted by molar-refractivity contribution is 5.77. The summed E-state index contributed by atoms with van der Waals surface area (Å²) in [6, 6.07) is 11.4. The van der Waals surface area contributed by atoms with Gasteiger partial charge in [-0.1, -0.05) is 30.3 Å². The highest BCUT2D eigenvalue weighted by atomic mass is 16.2. The minimum absolute atomic E-state index is 0.350. The SMILES string of the molecule is O=C(CC1CCCN1)N1CCCC1Cc1ccccc1. The highest BCUT2D eigenvalue weighted by Crippen LogP contribution is 2.23. The van der Waals surface area contributed by atoms with Crippen molar-refractivity contribution >= 4 is 5.91 Å². The van der Waals surface area contributed by atoms with Crippen LogP contribution in [0.5, 0.6) is 0 Å². The Bertz CT molecular complexity index is 440. The zero-order valence-corrected chi connectivity index (χ0v) is 12.1. The van der Waals surface area contributed by atoms with Crippen LogP contribution in [0.1, 0.15) is 37.7 Å². The number of carbonyl (C=O) groups is 1. The molecule has 0 aromatic heterocycles. The molecule has 1 aromatic rings. The topological polar surface area (TPSA) is 32.3 Å². The molecule has 0 spiro atoms. The van der Waals surface area contributed by atoms with Gasteiger partial charge in [-0.2, -0.15) is 0 Å². The van der Waals surface area contributed by atoms with Crippen LogP contribution in [0.3, 0.4) is 0 Å². The maximum absolute atomic E-state index is 12.5. The minimum atomic E-state index is 0.350. The van der Waals surface area contributed by atoms with Gasteiger partial charge in [0.25, 0.3) is 0 Å². The molecule has 3 heteroatoms. The van der Waals surface area contributed by atoms with Gasteiger partial charge in [-0.25, -0.2) is 0 Å². The molecule has 0 aliphatic carbocycles. The van der Waals surface area contributed by atoms with Crippen molar-refractivity contribution in [2.75, 3.05) is 13.1 Å². The molecule has 0 radical (unpaired) electrons. The van der Waals surface area contributed by atoms with Crippen molar-refractivity contribution in [1.82, 2.24) is 10.2 Å². The Morgan fingerprint density at radius 2 is 2.05 bits per heavy atom. The van der Waals surface area contributed by atoms with Crippen LogP contribution in [-0.2, 0) is 11.2 Å². The molecular formula is C17H24N2O. The second-order valence-electron chi connectivity index (χ2n) is 6.07. The lowest BCUT2D eigenvalue weighted by molar-refractivity contribution is -0.132. The molecule has 3 nitrogen and oxygen atoms in total. The Morgan fingerprint density at radius 3 is 2.80 bits per heavy atom. The third kappa shape index (κ3) is 3.21. The van der Waals surface area contributed by atoms with E-state index in [2.05, 4.69) is 34.5 Å². The lowest BCUT2D eigenvalue weighted by Crippen LogP contribution is -2.39. The summed E-state index contributed by atoms with van der Waals surface area (Å²) in [7, 11) is 0. The van der Waals surface area contributed by atoms with E-state index in [-0.39, 0.29) is 0 Å². The van der Waals surface area contributed by atoms with E-state index in [1.807, 2.05) is 6.07 Å². The van der Waals surface area contributed by atoms with Gasteiger partial charge in [0.2, 0.25) is 5.91 Å². The lowest BCUT2D eigenvalue weighted by atomic mass is 10.0. The summed E-state index contributed by atoms with van der Waals surface area (Å²) in [5.41, 5.74) is 1.34. The fourth-order valence-corrected chi connectivity index (χ4v) is 3.52. The smallest absolute Gasteiger partial charge is 0.224 e. The molecule has 2 unspecified atom stereocenters. The van der Waals surface area contributed by atoms with E-state index >= 15 is 0 Å². The predicted molar refractivity (Wildman–Crippen MR) is 80.5 cm³/mol. The molecule has 1 aromatic carbocycles. The van der Waals surface area contributed by atoms with E-state index < -0.39 is 0 Å². The van der Waals surface area contributed by atoms with Crippen molar-refractivity contribution in [2.45, 2.75) is 50.6 Å². The first-order chi connectivity index (χ1) is 9.83. The van der Waals surface area contributed by atoms with Gasteiger partial charge in [0.15, 0.2) is 0 Å².